The van der Waals surface area contributed by atoms with Gasteiger partial charge in [0.05, 0.1) is 6.04 Å². The first-order valence-corrected chi connectivity index (χ1v) is 9.78. The third-order valence-corrected chi connectivity index (χ3v) is 5.28. The normalized spacial score (nSPS) is 13.7. The number of ether oxygens (including phenoxy) is 2. The lowest BCUT2D eigenvalue weighted by atomic mass is 10.1. The summed E-state index contributed by atoms with van der Waals surface area (Å²) in [5, 5.41) is 2.99. The highest BCUT2D eigenvalue weighted by Gasteiger charge is 2.19. The molecule has 2 aromatic carbocycles. The van der Waals surface area contributed by atoms with Gasteiger partial charge in [0.1, 0.15) is 0 Å². The molecule has 0 fully saturated rings. The molecule has 0 spiro atoms. The summed E-state index contributed by atoms with van der Waals surface area (Å²) in [5.41, 5.74) is 2.19. The van der Waals surface area contributed by atoms with E-state index >= 15 is 0 Å². The fraction of sp³-hybridized carbons (Fsp3) is 0.350. The van der Waals surface area contributed by atoms with Crippen molar-refractivity contribution < 1.29 is 14.3 Å². The Morgan fingerprint density at radius 2 is 1.85 bits per heavy atom. The van der Waals surface area contributed by atoms with E-state index in [1.54, 1.807) is 11.8 Å². The Morgan fingerprint density at radius 1 is 1.15 bits per heavy atom. The van der Waals surface area contributed by atoms with Crippen molar-refractivity contribution in [2.45, 2.75) is 31.0 Å². The lowest BCUT2D eigenvalue weighted by Gasteiger charge is -2.24. The van der Waals surface area contributed by atoms with Gasteiger partial charge in [-0.05, 0) is 55.6 Å². The van der Waals surface area contributed by atoms with Crippen molar-refractivity contribution in [1.82, 2.24) is 10.2 Å². The van der Waals surface area contributed by atoms with Gasteiger partial charge in [0.2, 0.25) is 12.7 Å². The maximum Gasteiger partial charge on any atom is 0.237 e. The molecule has 6 heteroatoms. The lowest BCUT2D eigenvalue weighted by Crippen LogP contribution is -2.42. The summed E-state index contributed by atoms with van der Waals surface area (Å²) in [7, 11) is 1.97. The molecule has 0 aromatic heterocycles. The minimum absolute atomic E-state index is 0.00546. The molecule has 0 radical (unpaired) electrons. The Balaban J connectivity index is 1.51. The smallest absolute Gasteiger partial charge is 0.237 e. The predicted octanol–water partition coefficient (Wildman–Crippen LogP) is 3.27. The number of rotatable bonds is 7. The molecule has 2 aromatic rings. The van der Waals surface area contributed by atoms with E-state index in [2.05, 4.69) is 35.8 Å². The lowest BCUT2D eigenvalue weighted by molar-refractivity contribution is -0.125. The van der Waals surface area contributed by atoms with E-state index in [1.807, 2.05) is 37.1 Å². The maximum absolute atomic E-state index is 12.5. The molecule has 1 aliphatic heterocycles. The van der Waals surface area contributed by atoms with Crippen LogP contribution in [0.15, 0.2) is 47.4 Å². The molecule has 3 rings (SSSR count). The number of carbonyl (C=O) groups excluding carboxylic acids is 1. The van der Waals surface area contributed by atoms with Crippen LogP contribution >= 0.6 is 11.8 Å². The summed E-state index contributed by atoms with van der Waals surface area (Å²) in [4.78, 5) is 15.8. The van der Waals surface area contributed by atoms with Crippen LogP contribution in [0, 0.1) is 0 Å². The number of thioether (sulfide) groups is 1. The standard InChI is InChI=1S/C20H24N2O3S/c1-14(22(2)12-15-4-7-17(26-3)8-5-15)20(23)21-11-16-6-9-18-19(10-16)25-13-24-18/h4-10,14H,11-13H2,1-3H3,(H,21,23)/t14-/m1/s1. The zero-order chi connectivity index (χ0) is 18.5. The fourth-order valence-corrected chi connectivity index (χ4v) is 3.15. The largest absolute Gasteiger partial charge is 0.454 e. The molecule has 1 heterocycles. The van der Waals surface area contributed by atoms with Gasteiger partial charge < -0.3 is 14.8 Å². The van der Waals surface area contributed by atoms with Crippen molar-refractivity contribution in [3.8, 4) is 11.5 Å². The average molecular weight is 372 g/mol. The highest BCUT2D eigenvalue weighted by molar-refractivity contribution is 7.98. The third-order valence-electron chi connectivity index (χ3n) is 4.54. The fourth-order valence-electron chi connectivity index (χ4n) is 2.74. The molecule has 138 valence electrons. The van der Waals surface area contributed by atoms with Crippen molar-refractivity contribution in [2.75, 3.05) is 20.1 Å². The molecule has 26 heavy (non-hydrogen) atoms. The van der Waals surface area contributed by atoms with Crippen LogP contribution in [0.4, 0.5) is 0 Å². The summed E-state index contributed by atoms with van der Waals surface area (Å²) in [6.07, 6.45) is 2.06. The van der Waals surface area contributed by atoms with Gasteiger partial charge in [-0.3, -0.25) is 9.69 Å². The summed E-state index contributed by atoms with van der Waals surface area (Å²) in [6, 6.07) is 13.9. The highest BCUT2D eigenvalue weighted by Crippen LogP contribution is 2.32. The summed E-state index contributed by atoms with van der Waals surface area (Å²) < 4.78 is 10.7. The highest BCUT2D eigenvalue weighted by atomic mass is 32.2. The zero-order valence-electron chi connectivity index (χ0n) is 15.3. The molecular formula is C20H24N2O3S. The summed E-state index contributed by atoms with van der Waals surface area (Å²) in [5.74, 6) is 1.49. The second kappa shape index (κ2) is 8.47. The van der Waals surface area contributed by atoms with Crippen LogP contribution in [-0.4, -0.2) is 36.9 Å². The number of fused-ring (bicyclic) bond motifs is 1. The maximum atomic E-state index is 12.5. The molecule has 1 N–H and O–H groups in total. The van der Waals surface area contributed by atoms with Crippen molar-refractivity contribution in [3.63, 3.8) is 0 Å². The van der Waals surface area contributed by atoms with Crippen molar-refractivity contribution in [1.29, 1.82) is 0 Å². The molecule has 1 amide bonds. The van der Waals surface area contributed by atoms with Gasteiger partial charge in [-0.1, -0.05) is 18.2 Å². The number of hydrogen-bond acceptors (Lipinski definition) is 5. The number of likely N-dealkylation sites (N-methyl/N-ethyl adjacent to an activating group) is 1. The molecule has 1 atom stereocenters. The third kappa shape index (κ3) is 4.51. The number of benzene rings is 2. The van der Waals surface area contributed by atoms with Crippen molar-refractivity contribution in [3.05, 3.63) is 53.6 Å². The van der Waals surface area contributed by atoms with Crippen LogP contribution in [0.1, 0.15) is 18.1 Å². The quantitative estimate of drug-likeness (QED) is 0.756. The minimum Gasteiger partial charge on any atom is -0.454 e. The number of amides is 1. The zero-order valence-corrected chi connectivity index (χ0v) is 16.1. The number of hydrogen-bond donors (Lipinski definition) is 1. The monoisotopic (exact) mass is 372 g/mol. The number of nitrogens with zero attached hydrogens (tertiary/aromatic N) is 1. The Labute approximate surface area is 158 Å². The Morgan fingerprint density at radius 3 is 2.58 bits per heavy atom. The first kappa shape index (κ1) is 18.6. The van der Waals surface area contributed by atoms with Gasteiger partial charge in [-0.25, -0.2) is 0 Å². The molecule has 5 nitrogen and oxygen atoms in total. The first-order chi connectivity index (χ1) is 12.6. The number of carbonyl (C=O) groups is 1. The van der Waals surface area contributed by atoms with Gasteiger partial charge in [-0.15, -0.1) is 11.8 Å². The van der Waals surface area contributed by atoms with Crippen LogP contribution in [0.2, 0.25) is 0 Å². The molecule has 0 aliphatic carbocycles. The van der Waals surface area contributed by atoms with E-state index in [0.717, 1.165) is 23.6 Å². The van der Waals surface area contributed by atoms with Crippen molar-refractivity contribution in [2.24, 2.45) is 0 Å². The summed E-state index contributed by atoms with van der Waals surface area (Å²) >= 11 is 1.72. The van der Waals surface area contributed by atoms with Gasteiger partial charge >= 0.3 is 0 Å². The summed E-state index contributed by atoms with van der Waals surface area (Å²) in [6.45, 7) is 3.37. The van der Waals surface area contributed by atoms with E-state index < -0.39 is 0 Å². The Kier molecular flexibility index (Phi) is 6.06. The van der Waals surface area contributed by atoms with E-state index in [9.17, 15) is 4.79 Å². The number of nitrogens with one attached hydrogen (secondary N) is 1. The van der Waals surface area contributed by atoms with Crippen LogP contribution < -0.4 is 14.8 Å². The van der Waals surface area contributed by atoms with E-state index in [4.69, 9.17) is 9.47 Å². The van der Waals surface area contributed by atoms with Gasteiger partial charge in [0, 0.05) is 18.0 Å². The molecule has 1 aliphatic rings. The molecule has 0 unspecified atom stereocenters. The Bertz CT molecular complexity index is 764. The topological polar surface area (TPSA) is 50.8 Å². The Hall–Kier alpha value is -2.18. The molecule has 0 saturated carbocycles. The SMILES string of the molecule is CSc1ccc(CN(C)[C@H](C)C(=O)NCc2ccc3c(c2)OCO3)cc1. The van der Waals surface area contributed by atoms with Crippen LogP contribution in [0.3, 0.4) is 0 Å². The van der Waals surface area contributed by atoms with E-state index in [0.29, 0.717) is 6.54 Å². The van der Waals surface area contributed by atoms with E-state index in [-0.39, 0.29) is 18.7 Å². The van der Waals surface area contributed by atoms with Crippen LogP contribution in [-0.2, 0) is 17.9 Å². The van der Waals surface area contributed by atoms with Gasteiger partial charge in [0.15, 0.2) is 11.5 Å². The van der Waals surface area contributed by atoms with Gasteiger partial charge in [-0.2, -0.15) is 0 Å². The second-order valence-corrected chi connectivity index (χ2v) is 7.22. The minimum atomic E-state index is -0.218. The van der Waals surface area contributed by atoms with Crippen LogP contribution in [0.25, 0.3) is 0 Å². The van der Waals surface area contributed by atoms with E-state index in [1.165, 1.54) is 10.5 Å². The average Bonchev–Trinajstić information content (AvgIpc) is 3.13. The molecule has 0 bridgehead atoms. The predicted molar refractivity (Wildman–Crippen MR) is 104 cm³/mol. The second-order valence-electron chi connectivity index (χ2n) is 6.34. The first-order valence-electron chi connectivity index (χ1n) is 8.56. The molecule has 0 saturated heterocycles. The molecular weight excluding hydrogens is 348 g/mol. The van der Waals surface area contributed by atoms with Gasteiger partial charge in [0.25, 0.3) is 0 Å². The van der Waals surface area contributed by atoms with Crippen LogP contribution in [0.5, 0.6) is 11.5 Å². The van der Waals surface area contributed by atoms with Crippen molar-refractivity contribution >= 4 is 17.7 Å².